The van der Waals surface area contributed by atoms with Crippen LogP contribution >= 0.6 is 0 Å². The summed E-state index contributed by atoms with van der Waals surface area (Å²) >= 11 is 0. The summed E-state index contributed by atoms with van der Waals surface area (Å²) in [5, 5.41) is 0. The molecule has 1 atom stereocenters. The first-order valence-electron chi connectivity index (χ1n) is 35.7. The Bertz CT molecular complexity index is 1610. The second-order valence-electron chi connectivity index (χ2n) is 23.8. The highest BCUT2D eigenvalue weighted by molar-refractivity contribution is 5.71. The van der Waals surface area contributed by atoms with Crippen molar-refractivity contribution in [3.8, 4) is 0 Å². The van der Waals surface area contributed by atoms with Gasteiger partial charge in [0.25, 0.3) is 0 Å². The number of hydrogen-bond donors (Lipinski definition) is 0. The highest BCUT2D eigenvalue weighted by atomic mass is 16.6. The minimum absolute atomic E-state index is 0.0949. The molecule has 0 aromatic rings. The van der Waals surface area contributed by atoms with Crippen LogP contribution in [0.15, 0.2) is 97.2 Å². The fourth-order valence-corrected chi connectivity index (χ4v) is 10.3. The second-order valence-corrected chi connectivity index (χ2v) is 23.8. The zero-order chi connectivity index (χ0) is 59.9. The molecular formula is C77H134O6. The minimum atomic E-state index is -0.804. The summed E-state index contributed by atoms with van der Waals surface area (Å²) < 4.78 is 17.0. The largest absolute Gasteiger partial charge is 0.462 e. The summed E-state index contributed by atoms with van der Waals surface area (Å²) in [7, 11) is 0. The van der Waals surface area contributed by atoms with Crippen molar-refractivity contribution in [3.63, 3.8) is 0 Å². The van der Waals surface area contributed by atoms with Gasteiger partial charge in [0, 0.05) is 19.3 Å². The van der Waals surface area contributed by atoms with E-state index in [0.717, 1.165) is 89.9 Å². The average Bonchev–Trinajstić information content (AvgIpc) is 3.49. The third-order valence-corrected chi connectivity index (χ3v) is 15.6. The Morgan fingerprint density at radius 1 is 0.253 bits per heavy atom. The monoisotopic (exact) mass is 1160 g/mol. The first kappa shape index (κ1) is 79.3. The van der Waals surface area contributed by atoms with Crippen molar-refractivity contribution >= 4 is 17.9 Å². The molecule has 0 aliphatic rings. The maximum Gasteiger partial charge on any atom is 0.306 e. The van der Waals surface area contributed by atoms with Crippen molar-refractivity contribution in [2.45, 2.75) is 361 Å². The third kappa shape index (κ3) is 69.0. The lowest BCUT2D eigenvalue weighted by Crippen LogP contribution is -2.30. The number of esters is 3. The van der Waals surface area contributed by atoms with E-state index >= 15 is 0 Å². The molecule has 0 radical (unpaired) electrons. The van der Waals surface area contributed by atoms with E-state index in [2.05, 4.69) is 118 Å². The lowest BCUT2D eigenvalue weighted by Gasteiger charge is -2.18. The number of unbranched alkanes of at least 4 members (excludes halogenated alkanes) is 38. The minimum Gasteiger partial charge on any atom is -0.462 e. The first-order valence-corrected chi connectivity index (χ1v) is 35.7. The van der Waals surface area contributed by atoms with Crippen LogP contribution in [0, 0.1) is 0 Å². The fraction of sp³-hybridized carbons (Fsp3) is 0.753. The zero-order valence-corrected chi connectivity index (χ0v) is 54.9. The van der Waals surface area contributed by atoms with Gasteiger partial charge in [0.2, 0.25) is 0 Å². The molecule has 0 N–H and O–H groups in total. The van der Waals surface area contributed by atoms with Gasteiger partial charge in [-0.1, -0.05) is 336 Å². The normalized spacial score (nSPS) is 12.7. The summed E-state index contributed by atoms with van der Waals surface area (Å²) in [5.74, 6) is -0.941. The van der Waals surface area contributed by atoms with Crippen LogP contribution in [-0.2, 0) is 28.6 Å². The Hall–Kier alpha value is -3.67. The van der Waals surface area contributed by atoms with E-state index in [9.17, 15) is 14.4 Å². The number of carbonyl (C=O) groups is 3. The summed E-state index contributed by atoms with van der Waals surface area (Å²) in [6.45, 7) is 6.51. The number of carbonyl (C=O) groups excluding carboxylic acids is 3. The van der Waals surface area contributed by atoms with Gasteiger partial charge in [-0.05, 0) is 96.3 Å². The summed E-state index contributed by atoms with van der Waals surface area (Å²) in [4.78, 5) is 38.5. The van der Waals surface area contributed by atoms with E-state index < -0.39 is 6.10 Å². The van der Waals surface area contributed by atoms with Crippen molar-refractivity contribution in [2.75, 3.05) is 13.2 Å². The maximum absolute atomic E-state index is 13.0. The first-order chi connectivity index (χ1) is 41.0. The highest BCUT2D eigenvalue weighted by Crippen LogP contribution is 2.18. The molecule has 0 aliphatic heterocycles. The number of allylic oxidation sites excluding steroid dienone is 16. The van der Waals surface area contributed by atoms with E-state index in [-0.39, 0.29) is 37.5 Å². The van der Waals surface area contributed by atoms with Crippen LogP contribution < -0.4 is 0 Å². The molecule has 478 valence electrons. The fourth-order valence-electron chi connectivity index (χ4n) is 10.3. The lowest BCUT2D eigenvalue weighted by atomic mass is 10.0. The summed E-state index contributed by atoms with van der Waals surface area (Å²) in [6.07, 6.45) is 95.8. The van der Waals surface area contributed by atoms with Gasteiger partial charge in [-0.25, -0.2) is 0 Å². The topological polar surface area (TPSA) is 78.9 Å². The predicted molar refractivity (Wildman–Crippen MR) is 362 cm³/mol. The number of hydrogen-bond acceptors (Lipinski definition) is 6. The van der Waals surface area contributed by atoms with Gasteiger partial charge in [-0.2, -0.15) is 0 Å². The molecule has 0 saturated heterocycles. The quantitative estimate of drug-likeness (QED) is 0.0261. The molecule has 0 bridgehead atoms. The molecule has 0 fully saturated rings. The van der Waals surface area contributed by atoms with Crippen LogP contribution in [-0.4, -0.2) is 37.2 Å². The van der Waals surface area contributed by atoms with Crippen LogP contribution in [0.3, 0.4) is 0 Å². The molecular weight excluding hydrogens is 1020 g/mol. The molecule has 6 heteroatoms. The lowest BCUT2D eigenvalue weighted by molar-refractivity contribution is -0.167. The SMILES string of the molecule is CC/C=C\C/C=C\C/C=C\C/C=C\C/C=C\CCCC(=O)OCC(COC(=O)CCCCCCCCCCCC/C=C\C/C=C\C/C=C\CCCCCCC)OC(=O)CCCCCCCCCCCCCCCCCCCCCCCCC. The van der Waals surface area contributed by atoms with E-state index in [0.29, 0.717) is 19.3 Å². The van der Waals surface area contributed by atoms with Crippen molar-refractivity contribution in [3.05, 3.63) is 97.2 Å². The van der Waals surface area contributed by atoms with Gasteiger partial charge in [0.05, 0.1) is 0 Å². The van der Waals surface area contributed by atoms with E-state index in [4.69, 9.17) is 14.2 Å². The van der Waals surface area contributed by atoms with Crippen molar-refractivity contribution in [1.82, 2.24) is 0 Å². The van der Waals surface area contributed by atoms with E-state index in [1.807, 2.05) is 0 Å². The van der Waals surface area contributed by atoms with Crippen LogP contribution in [0.5, 0.6) is 0 Å². The number of ether oxygens (including phenoxy) is 3. The molecule has 0 spiro atoms. The molecule has 0 rings (SSSR count). The predicted octanol–water partition coefficient (Wildman–Crippen LogP) is 24.8. The maximum atomic E-state index is 13.0. The zero-order valence-electron chi connectivity index (χ0n) is 54.9. The van der Waals surface area contributed by atoms with Crippen LogP contribution in [0.25, 0.3) is 0 Å². The molecule has 0 saturated carbocycles. The average molecular weight is 1160 g/mol. The van der Waals surface area contributed by atoms with Gasteiger partial charge >= 0.3 is 17.9 Å². The van der Waals surface area contributed by atoms with Crippen molar-refractivity contribution in [1.29, 1.82) is 0 Å². The molecule has 6 nitrogen and oxygen atoms in total. The van der Waals surface area contributed by atoms with E-state index in [1.54, 1.807) is 0 Å². The van der Waals surface area contributed by atoms with Crippen molar-refractivity contribution < 1.29 is 28.6 Å². The Morgan fingerprint density at radius 2 is 0.482 bits per heavy atom. The highest BCUT2D eigenvalue weighted by Gasteiger charge is 2.19. The van der Waals surface area contributed by atoms with Gasteiger partial charge in [-0.3, -0.25) is 14.4 Å². The van der Waals surface area contributed by atoms with Gasteiger partial charge in [-0.15, -0.1) is 0 Å². The Morgan fingerprint density at radius 3 is 0.783 bits per heavy atom. The Kier molecular flexibility index (Phi) is 67.7. The molecule has 83 heavy (non-hydrogen) atoms. The van der Waals surface area contributed by atoms with Crippen molar-refractivity contribution in [2.24, 2.45) is 0 Å². The van der Waals surface area contributed by atoms with Crippen LogP contribution in [0.4, 0.5) is 0 Å². The molecule has 1 unspecified atom stereocenters. The molecule has 0 heterocycles. The van der Waals surface area contributed by atoms with Gasteiger partial charge < -0.3 is 14.2 Å². The van der Waals surface area contributed by atoms with Crippen LogP contribution in [0.1, 0.15) is 355 Å². The standard InChI is InChI=1S/C77H134O6/c1-4-7-10-13-16-19-22-25-28-31-33-35-37-38-40-41-43-46-49-52-55-58-61-64-67-70-76(79)82-73-74(72-81-75(78)69-66-63-60-57-54-51-48-45-30-27-24-21-18-15-12-9-6-3)83-77(80)71-68-65-62-59-56-53-50-47-44-42-39-36-34-32-29-26-23-20-17-14-11-8-5-2/h9,12,18,21-22,25,27,30-31,33,37-38,48,51,57,60,74H,4-8,10-11,13-17,19-20,23-24,26,28-29,32,34-36,39-47,49-50,52-56,58-59,61-73H2,1-3H3/b12-9-,21-18-,25-22-,30-27-,33-31-,38-37-,51-48-,60-57-. The molecule has 0 aromatic carbocycles. The summed E-state index contributed by atoms with van der Waals surface area (Å²) in [6, 6.07) is 0. The van der Waals surface area contributed by atoms with Gasteiger partial charge in [0.15, 0.2) is 6.10 Å². The molecule has 0 aromatic heterocycles. The third-order valence-electron chi connectivity index (χ3n) is 15.6. The second kappa shape index (κ2) is 70.8. The molecule has 0 aliphatic carbocycles. The molecule has 0 amide bonds. The van der Waals surface area contributed by atoms with E-state index in [1.165, 1.54) is 218 Å². The number of rotatable bonds is 65. The van der Waals surface area contributed by atoms with Gasteiger partial charge in [0.1, 0.15) is 13.2 Å². The smallest absolute Gasteiger partial charge is 0.306 e. The Balaban J connectivity index is 4.39. The Labute approximate surface area is 515 Å². The van der Waals surface area contributed by atoms with Crippen LogP contribution in [0.2, 0.25) is 0 Å². The summed E-state index contributed by atoms with van der Waals surface area (Å²) in [5.41, 5.74) is 0.